The van der Waals surface area contributed by atoms with Crippen LogP contribution in [0.1, 0.15) is 24.2 Å². The van der Waals surface area contributed by atoms with Crippen LogP contribution >= 0.6 is 11.6 Å². The number of carboxylic acid groups (broad SMARTS) is 1. The van der Waals surface area contributed by atoms with E-state index >= 15 is 0 Å². The standard InChI is InChI=1S/C5H4ClN3O2.C2H6/c6-5-8-1-2(4(10)11)3(7)9-5;1-2/h1H,(H,10,11)(H2,7,8,9);1-2H3. The fourth-order valence-electron chi connectivity index (χ4n) is 0.537. The molecule has 0 bridgehead atoms. The van der Waals surface area contributed by atoms with Gasteiger partial charge in [-0.15, -0.1) is 0 Å². The lowest BCUT2D eigenvalue weighted by Crippen LogP contribution is -2.05. The topological polar surface area (TPSA) is 89.1 Å². The number of halogens is 1. The lowest BCUT2D eigenvalue weighted by Gasteiger charge is -1.96. The van der Waals surface area contributed by atoms with E-state index in [1.807, 2.05) is 13.8 Å². The smallest absolute Gasteiger partial charge is 0.341 e. The van der Waals surface area contributed by atoms with Gasteiger partial charge in [0.1, 0.15) is 11.4 Å². The van der Waals surface area contributed by atoms with Crippen LogP contribution < -0.4 is 5.73 Å². The van der Waals surface area contributed by atoms with Gasteiger partial charge in [-0.2, -0.15) is 0 Å². The summed E-state index contributed by atoms with van der Waals surface area (Å²) >= 11 is 5.33. The van der Waals surface area contributed by atoms with Gasteiger partial charge in [0, 0.05) is 6.20 Å². The summed E-state index contributed by atoms with van der Waals surface area (Å²) in [5.41, 5.74) is 5.06. The average Bonchev–Trinajstić information content (AvgIpc) is 2.07. The molecule has 72 valence electrons. The van der Waals surface area contributed by atoms with Gasteiger partial charge in [0.05, 0.1) is 0 Å². The Bertz CT molecular complexity index is 304. The fourth-order valence-corrected chi connectivity index (χ4v) is 0.677. The largest absolute Gasteiger partial charge is 0.477 e. The SMILES string of the molecule is CC.Nc1nc(Cl)ncc1C(=O)O. The molecule has 0 spiro atoms. The highest BCUT2D eigenvalue weighted by Crippen LogP contribution is 2.09. The molecule has 5 nitrogen and oxygen atoms in total. The maximum Gasteiger partial charge on any atom is 0.341 e. The number of nitrogen functional groups attached to an aromatic ring is 1. The van der Waals surface area contributed by atoms with E-state index in [9.17, 15) is 4.79 Å². The van der Waals surface area contributed by atoms with Gasteiger partial charge in [-0.3, -0.25) is 0 Å². The van der Waals surface area contributed by atoms with Crippen LogP contribution in [0.4, 0.5) is 5.82 Å². The molecule has 0 amide bonds. The molecule has 0 unspecified atom stereocenters. The van der Waals surface area contributed by atoms with Gasteiger partial charge >= 0.3 is 5.97 Å². The summed E-state index contributed by atoms with van der Waals surface area (Å²) < 4.78 is 0. The summed E-state index contributed by atoms with van der Waals surface area (Å²) in [7, 11) is 0. The van der Waals surface area contributed by atoms with Crippen LogP contribution in [0.3, 0.4) is 0 Å². The van der Waals surface area contributed by atoms with E-state index in [2.05, 4.69) is 9.97 Å². The molecule has 0 aliphatic carbocycles. The highest BCUT2D eigenvalue weighted by Gasteiger charge is 2.09. The van der Waals surface area contributed by atoms with Gasteiger partial charge < -0.3 is 10.8 Å². The van der Waals surface area contributed by atoms with Crippen molar-refractivity contribution in [3.63, 3.8) is 0 Å². The number of aromatic carboxylic acids is 1. The third kappa shape index (κ3) is 3.25. The molecule has 6 heteroatoms. The lowest BCUT2D eigenvalue weighted by atomic mass is 10.3. The first-order valence-electron chi connectivity index (χ1n) is 3.62. The summed E-state index contributed by atoms with van der Waals surface area (Å²) in [4.78, 5) is 17.2. The molecule has 0 aliphatic heterocycles. The van der Waals surface area contributed by atoms with E-state index in [1.54, 1.807) is 0 Å². The van der Waals surface area contributed by atoms with Crippen LogP contribution in [-0.4, -0.2) is 21.0 Å². The van der Waals surface area contributed by atoms with Crippen LogP contribution in [0.15, 0.2) is 6.20 Å². The number of rotatable bonds is 1. The first-order chi connectivity index (χ1) is 6.11. The van der Waals surface area contributed by atoms with Crippen LogP contribution in [0.5, 0.6) is 0 Å². The minimum atomic E-state index is -1.17. The van der Waals surface area contributed by atoms with Crippen molar-refractivity contribution in [3.8, 4) is 0 Å². The molecular formula is C7H10ClN3O2. The molecular weight excluding hydrogens is 194 g/mol. The highest BCUT2D eigenvalue weighted by atomic mass is 35.5. The number of hydrogen-bond acceptors (Lipinski definition) is 4. The Kier molecular flexibility index (Phi) is 4.76. The third-order valence-corrected chi connectivity index (χ3v) is 1.20. The Hall–Kier alpha value is -1.36. The maximum atomic E-state index is 10.3. The average molecular weight is 204 g/mol. The number of aromatic nitrogens is 2. The first kappa shape index (κ1) is 11.6. The second-order valence-electron chi connectivity index (χ2n) is 1.74. The maximum absolute atomic E-state index is 10.3. The van der Waals surface area contributed by atoms with Gasteiger partial charge in [0.15, 0.2) is 0 Å². The molecule has 0 fully saturated rings. The van der Waals surface area contributed by atoms with Crippen molar-refractivity contribution in [2.45, 2.75) is 13.8 Å². The number of nitrogens with zero attached hydrogens (tertiary/aromatic N) is 2. The summed E-state index contributed by atoms with van der Waals surface area (Å²) in [6.07, 6.45) is 1.06. The summed E-state index contributed by atoms with van der Waals surface area (Å²) in [6.45, 7) is 4.00. The summed E-state index contributed by atoms with van der Waals surface area (Å²) in [6, 6.07) is 0. The van der Waals surface area contributed by atoms with Crippen LogP contribution in [-0.2, 0) is 0 Å². The van der Waals surface area contributed by atoms with E-state index < -0.39 is 5.97 Å². The quantitative estimate of drug-likeness (QED) is 0.674. The van der Waals surface area contributed by atoms with Crippen molar-refractivity contribution in [2.75, 3.05) is 5.73 Å². The minimum Gasteiger partial charge on any atom is -0.477 e. The Morgan fingerprint density at radius 2 is 2.15 bits per heavy atom. The normalized spacial score (nSPS) is 8.54. The molecule has 0 aromatic carbocycles. The van der Waals surface area contributed by atoms with Crippen LogP contribution in [0.25, 0.3) is 0 Å². The Morgan fingerprint density at radius 3 is 2.54 bits per heavy atom. The highest BCUT2D eigenvalue weighted by molar-refractivity contribution is 6.28. The van der Waals surface area contributed by atoms with Gasteiger partial charge in [-0.25, -0.2) is 14.8 Å². The molecule has 1 aromatic heterocycles. The van der Waals surface area contributed by atoms with Crippen molar-refractivity contribution in [1.29, 1.82) is 0 Å². The van der Waals surface area contributed by atoms with Crippen molar-refractivity contribution in [2.24, 2.45) is 0 Å². The Morgan fingerprint density at radius 1 is 1.62 bits per heavy atom. The number of carboxylic acids is 1. The summed E-state index contributed by atoms with van der Waals surface area (Å²) in [5.74, 6) is -1.29. The van der Waals surface area contributed by atoms with E-state index in [-0.39, 0.29) is 16.7 Å². The lowest BCUT2D eigenvalue weighted by molar-refractivity contribution is 0.0697. The van der Waals surface area contributed by atoms with Crippen molar-refractivity contribution < 1.29 is 9.90 Å². The molecule has 13 heavy (non-hydrogen) atoms. The molecule has 1 heterocycles. The van der Waals surface area contributed by atoms with Gasteiger partial charge in [-0.1, -0.05) is 13.8 Å². The predicted octanol–water partition coefficient (Wildman–Crippen LogP) is 1.44. The van der Waals surface area contributed by atoms with Crippen molar-refractivity contribution in [3.05, 3.63) is 17.0 Å². The van der Waals surface area contributed by atoms with E-state index in [4.69, 9.17) is 22.4 Å². The van der Waals surface area contributed by atoms with Crippen molar-refractivity contribution in [1.82, 2.24) is 9.97 Å². The van der Waals surface area contributed by atoms with E-state index in [1.165, 1.54) is 0 Å². The molecule has 1 aromatic rings. The van der Waals surface area contributed by atoms with Crippen LogP contribution in [0.2, 0.25) is 5.28 Å². The van der Waals surface area contributed by atoms with E-state index in [0.717, 1.165) is 6.20 Å². The van der Waals surface area contributed by atoms with Gasteiger partial charge in [-0.05, 0) is 11.6 Å². The zero-order valence-corrected chi connectivity index (χ0v) is 8.04. The number of anilines is 1. The number of hydrogen-bond donors (Lipinski definition) is 2. The predicted molar refractivity (Wildman–Crippen MR) is 49.8 cm³/mol. The second kappa shape index (κ2) is 5.31. The zero-order chi connectivity index (χ0) is 10.4. The number of nitrogens with two attached hydrogens (primary N) is 1. The Balaban J connectivity index is 0.000000671. The Labute approximate surface area is 80.6 Å². The fraction of sp³-hybridized carbons (Fsp3) is 0.286. The molecule has 0 saturated heterocycles. The van der Waals surface area contributed by atoms with Gasteiger partial charge in [0.2, 0.25) is 5.28 Å². The number of carbonyl (C=O) groups is 1. The summed E-state index contributed by atoms with van der Waals surface area (Å²) in [5, 5.41) is 8.39. The molecule has 3 N–H and O–H groups in total. The molecule has 0 radical (unpaired) electrons. The molecule has 0 saturated carbocycles. The monoisotopic (exact) mass is 203 g/mol. The molecule has 1 rings (SSSR count). The first-order valence-corrected chi connectivity index (χ1v) is 4.00. The molecule has 0 atom stereocenters. The van der Waals surface area contributed by atoms with Crippen molar-refractivity contribution >= 4 is 23.4 Å². The third-order valence-electron chi connectivity index (χ3n) is 1.02. The van der Waals surface area contributed by atoms with E-state index in [0.29, 0.717) is 0 Å². The van der Waals surface area contributed by atoms with Gasteiger partial charge in [0.25, 0.3) is 0 Å². The second-order valence-corrected chi connectivity index (χ2v) is 2.08. The molecule has 0 aliphatic rings. The minimum absolute atomic E-state index is 0.0625. The zero-order valence-electron chi connectivity index (χ0n) is 7.28. The van der Waals surface area contributed by atoms with Crippen LogP contribution in [0, 0.1) is 0 Å².